The van der Waals surface area contributed by atoms with Crippen molar-refractivity contribution in [2.45, 2.75) is 5.92 Å². The number of ether oxygens (including phenoxy) is 1. The second-order valence-corrected chi connectivity index (χ2v) is 4.07. The highest BCUT2D eigenvalue weighted by Gasteiger charge is 2.33. The summed E-state index contributed by atoms with van der Waals surface area (Å²) in [6, 6.07) is 11.1. The average Bonchev–Trinajstić information content (AvgIpc) is 2.36. The molecule has 4 heteroatoms. The molecule has 0 fully saturated rings. The fraction of sp³-hybridized carbons (Fsp3) is 0.0714. The fourth-order valence-corrected chi connectivity index (χ4v) is 2.22. The molecule has 3 nitrogen and oxygen atoms in total. The van der Waals surface area contributed by atoms with Crippen LogP contribution in [0.2, 0.25) is 0 Å². The van der Waals surface area contributed by atoms with Crippen LogP contribution < -0.4 is 4.74 Å². The molecule has 1 atom stereocenters. The van der Waals surface area contributed by atoms with Crippen LogP contribution in [-0.4, -0.2) is 11.1 Å². The lowest BCUT2D eigenvalue weighted by atomic mass is 9.88. The third-order valence-corrected chi connectivity index (χ3v) is 3.00. The lowest BCUT2D eigenvalue weighted by Crippen LogP contribution is -2.18. The van der Waals surface area contributed by atoms with Gasteiger partial charge in [0.15, 0.2) is 11.6 Å². The van der Waals surface area contributed by atoms with Crippen LogP contribution in [0.1, 0.15) is 17.0 Å². The van der Waals surface area contributed by atoms with Crippen LogP contribution in [0, 0.1) is 5.82 Å². The van der Waals surface area contributed by atoms with Crippen molar-refractivity contribution in [3.63, 3.8) is 0 Å². The number of aliphatic carboxylic acids is 1. The van der Waals surface area contributed by atoms with Gasteiger partial charge in [0.05, 0.1) is 0 Å². The molecule has 1 aliphatic heterocycles. The van der Waals surface area contributed by atoms with Crippen molar-refractivity contribution < 1.29 is 19.0 Å². The van der Waals surface area contributed by atoms with E-state index in [1.807, 2.05) is 0 Å². The van der Waals surface area contributed by atoms with Gasteiger partial charge >= 0.3 is 5.97 Å². The first-order valence-corrected chi connectivity index (χ1v) is 5.46. The molecule has 0 spiro atoms. The second kappa shape index (κ2) is 3.84. The number of carboxylic acids is 1. The fourth-order valence-electron chi connectivity index (χ4n) is 2.22. The Morgan fingerprint density at radius 2 is 1.83 bits per heavy atom. The van der Waals surface area contributed by atoms with Crippen molar-refractivity contribution in [3.8, 4) is 11.5 Å². The molecule has 90 valence electrons. The summed E-state index contributed by atoms with van der Waals surface area (Å²) in [7, 11) is 0. The van der Waals surface area contributed by atoms with Crippen molar-refractivity contribution >= 4 is 5.97 Å². The number of hydrogen-bond donors (Lipinski definition) is 1. The van der Waals surface area contributed by atoms with E-state index in [0.29, 0.717) is 16.9 Å². The van der Waals surface area contributed by atoms with Crippen molar-refractivity contribution in [1.82, 2.24) is 0 Å². The molecule has 18 heavy (non-hydrogen) atoms. The lowest BCUT2D eigenvalue weighted by molar-refractivity contribution is -0.137. The summed E-state index contributed by atoms with van der Waals surface area (Å²) in [5, 5.41) is 9.34. The Balaban J connectivity index is 2.27. The van der Waals surface area contributed by atoms with Gasteiger partial charge in [0.25, 0.3) is 0 Å². The number of carbonyl (C=O) groups is 1. The zero-order valence-electron chi connectivity index (χ0n) is 9.26. The van der Waals surface area contributed by atoms with Crippen LogP contribution in [0.4, 0.5) is 4.39 Å². The number of benzene rings is 2. The van der Waals surface area contributed by atoms with Crippen LogP contribution in [0.5, 0.6) is 11.5 Å². The van der Waals surface area contributed by atoms with E-state index in [2.05, 4.69) is 0 Å². The highest BCUT2D eigenvalue weighted by Crippen LogP contribution is 2.44. The molecular formula is C14H9FO3. The first-order valence-electron chi connectivity index (χ1n) is 5.46. The summed E-state index contributed by atoms with van der Waals surface area (Å²) in [5.41, 5.74) is 0.893. The molecule has 0 bridgehead atoms. The van der Waals surface area contributed by atoms with E-state index in [9.17, 15) is 14.3 Å². The van der Waals surface area contributed by atoms with E-state index in [4.69, 9.17) is 4.74 Å². The maximum Gasteiger partial charge on any atom is 0.315 e. The maximum atomic E-state index is 13.7. The first-order chi connectivity index (χ1) is 8.68. The Bertz CT molecular complexity index is 637. The van der Waals surface area contributed by atoms with E-state index in [0.717, 1.165) is 0 Å². The predicted octanol–water partition coefficient (Wildman–Crippen LogP) is 3.15. The lowest BCUT2D eigenvalue weighted by Gasteiger charge is -2.25. The van der Waals surface area contributed by atoms with Gasteiger partial charge in [-0.05, 0) is 12.1 Å². The average molecular weight is 244 g/mol. The standard InChI is InChI=1S/C14H9FO3/c15-10-6-3-5-9-12(14(16)17)8-4-1-2-7-11(8)18-13(9)10/h1-7,12H,(H,16,17)/t12-/m1/s1. The minimum atomic E-state index is -1.02. The highest BCUT2D eigenvalue weighted by atomic mass is 19.1. The largest absolute Gasteiger partial charge is 0.481 e. The number of halogens is 1. The zero-order chi connectivity index (χ0) is 12.7. The van der Waals surface area contributed by atoms with Gasteiger partial charge in [-0.2, -0.15) is 0 Å². The number of fused-ring (bicyclic) bond motifs is 2. The van der Waals surface area contributed by atoms with Crippen LogP contribution in [-0.2, 0) is 4.79 Å². The zero-order valence-corrected chi connectivity index (χ0v) is 9.26. The SMILES string of the molecule is O=C(O)[C@@H]1c2ccccc2Oc2c(F)cccc21. The Hall–Kier alpha value is -2.36. The van der Waals surface area contributed by atoms with Crippen molar-refractivity contribution in [1.29, 1.82) is 0 Å². The van der Waals surface area contributed by atoms with Gasteiger partial charge in [0, 0.05) is 11.1 Å². The molecule has 1 N–H and O–H groups in total. The molecular weight excluding hydrogens is 235 g/mol. The third-order valence-electron chi connectivity index (χ3n) is 3.00. The number of hydrogen-bond acceptors (Lipinski definition) is 2. The third kappa shape index (κ3) is 1.46. The van der Waals surface area contributed by atoms with Crippen LogP contribution in [0.3, 0.4) is 0 Å². The molecule has 0 radical (unpaired) electrons. The highest BCUT2D eigenvalue weighted by molar-refractivity contribution is 5.83. The second-order valence-electron chi connectivity index (χ2n) is 4.07. The minimum Gasteiger partial charge on any atom is -0.481 e. The Labute approximate surface area is 102 Å². The monoisotopic (exact) mass is 244 g/mol. The van der Waals surface area contributed by atoms with Gasteiger partial charge in [0.2, 0.25) is 0 Å². The molecule has 1 heterocycles. The number of rotatable bonds is 1. The number of para-hydroxylation sites is 2. The van der Waals surface area contributed by atoms with Crippen LogP contribution in [0.25, 0.3) is 0 Å². The maximum absolute atomic E-state index is 13.7. The molecule has 2 aromatic carbocycles. The Morgan fingerprint density at radius 3 is 2.61 bits per heavy atom. The minimum absolute atomic E-state index is 0.00333. The van der Waals surface area contributed by atoms with Crippen molar-refractivity contribution in [2.75, 3.05) is 0 Å². The summed E-state index contributed by atoms with van der Waals surface area (Å²) in [5.74, 6) is -2.06. The molecule has 2 aromatic rings. The topological polar surface area (TPSA) is 46.5 Å². The van der Waals surface area contributed by atoms with Gasteiger partial charge in [0.1, 0.15) is 11.7 Å². The van der Waals surface area contributed by atoms with Gasteiger partial charge in [-0.1, -0.05) is 30.3 Å². The summed E-state index contributed by atoms with van der Waals surface area (Å²) in [4.78, 5) is 11.4. The van der Waals surface area contributed by atoms with Gasteiger partial charge in [-0.15, -0.1) is 0 Å². The number of carboxylic acid groups (broad SMARTS) is 1. The van der Waals surface area contributed by atoms with Gasteiger partial charge in [-0.25, -0.2) is 4.39 Å². The summed E-state index contributed by atoms with van der Waals surface area (Å²) < 4.78 is 19.1. The molecule has 0 unspecified atom stereocenters. The Morgan fingerprint density at radius 1 is 1.11 bits per heavy atom. The Kier molecular flexibility index (Phi) is 2.30. The molecule has 0 saturated heterocycles. The van der Waals surface area contributed by atoms with E-state index in [1.54, 1.807) is 30.3 Å². The van der Waals surface area contributed by atoms with Crippen molar-refractivity contribution in [2.24, 2.45) is 0 Å². The van der Waals surface area contributed by atoms with Crippen LogP contribution >= 0.6 is 0 Å². The predicted molar refractivity (Wildman–Crippen MR) is 62.4 cm³/mol. The summed E-state index contributed by atoms with van der Waals surface area (Å²) >= 11 is 0. The van der Waals surface area contributed by atoms with Crippen LogP contribution in [0.15, 0.2) is 42.5 Å². The molecule has 0 amide bonds. The quantitative estimate of drug-likeness (QED) is 0.838. The molecule has 0 saturated carbocycles. The normalized spacial score (nSPS) is 16.4. The first kappa shape index (κ1) is 10.8. The van der Waals surface area contributed by atoms with E-state index in [1.165, 1.54) is 12.1 Å². The van der Waals surface area contributed by atoms with Crippen molar-refractivity contribution in [3.05, 3.63) is 59.4 Å². The molecule has 1 aliphatic rings. The summed E-state index contributed by atoms with van der Waals surface area (Å²) in [6.07, 6.45) is 0. The summed E-state index contributed by atoms with van der Waals surface area (Å²) in [6.45, 7) is 0. The van der Waals surface area contributed by atoms with E-state index in [-0.39, 0.29) is 5.75 Å². The van der Waals surface area contributed by atoms with Gasteiger partial charge in [-0.3, -0.25) is 4.79 Å². The van der Waals surface area contributed by atoms with Gasteiger partial charge < -0.3 is 9.84 Å². The smallest absolute Gasteiger partial charge is 0.315 e. The van der Waals surface area contributed by atoms with E-state index < -0.39 is 17.7 Å². The molecule has 0 aromatic heterocycles. The van der Waals surface area contributed by atoms with E-state index >= 15 is 0 Å². The molecule has 0 aliphatic carbocycles. The molecule has 3 rings (SSSR count).